The molecule has 1 amide bonds. The molecule has 2 aliphatic heterocycles. The molecule has 110 valence electrons. The maximum Gasteiger partial charge on any atom is 0.234 e. The molecular weight excluding hydrogens is 240 g/mol. The average Bonchev–Trinajstić information content (AvgIpc) is 2.39. The highest BCUT2D eigenvalue weighted by atomic mass is 16.2. The molecule has 2 saturated heterocycles. The summed E-state index contributed by atoms with van der Waals surface area (Å²) in [6.45, 7) is 11.3. The Balaban J connectivity index is 1.68. The van der Waals surface area contributed by atoms with Crippen LogP contribution in [0.3, 0.4) is 0 Å². The number of piperidine rings is 1. The minimum Gasteiger partial charge on any atom is -0.353 e. The van der Waals surface area contributed by atoms with Crippen molar-refractivity contribution < 1.29 is 4.79 Å². The molecule has 0 saturated carbocycles. The lowest BCUT2D eigenvalue weighted by molar-refractivity contribution is -0.123. The summed E-state index contributed by atoms with van der Waals surface area (Å²) in [6.07, 6.45) is 2.41. The summed E-state index contributed by atoms with van der Waals surface area (Å²) in [6, 6.07) is 0.970. The first-order valence-electron chi connectivity index (χ1n) is 7.61. The van der Waals surface area contributed by atoms with Crippen molar-refractivity contribution in [1.82, 2.24) is 20.4 Å². The third-order valence-electron chi connectivity index (χ3n) is 4.04. The van der Waals surface area contributed by atoms with Gasteiger partial charge in [-0.2, -0.15) is 0 Å². The van der Waals surface area contributed by atoms with Crippen molar-refractivity contribution in [3.63, 3.8) is 0 Å². The van der Waals surface area contributed by atoms with Crippen LogP contribution in [-0.2, 0) is 4.79 Å². The molecule has 5 heteroatoms. The highest BCUT2D eigenvalue weighted by Crippen LogP contribution is 2.16. The molecule has 0 spiro atoms. The Bertz CT molecular complexity index is 281. The molecule has 2 aliphatic rings. The van der Waals surface area contributed by atoms with Gasteiger partial charge in [-0.15, -0.1) is 0 Å². The molecule has 0 aliphatic carbocycles. The summed E-state index contributed by atoms with van der Waals surface area (Å²) in [4.78, 5) is 16.6. The van der Waals surface area contributed by atoms with Gasteiger partial charge in [0, 0.05) is 51.4 Å². The fourth-order valence-corrected chi connectivity index (χ4v) is 3.06. The van der Waals surface area contributed by atoms with Gasteiger partial charge in [-0.1, -0.05) is 0 Å². The van der Waals surface area contributed by atoms with Crippen LogP contribution in [0, 0.1) is 0 Å². The Morgan fingerprint density at radius 3 is 2.42 bits per heavy atom. The van der Waals surface area contributed by atoms with Gasteiger partial charge in [0.05, 0.1) is 6.54 Å². The largest absolute Gasteiger partial charge is 0.353 e. The van der Waals surface area contributed by atoms with Crippen molar-refractivity contribution in [2.24, 2.45) is 0 Å². The number of hydrogen-bond acceptors (Lipinski definition) is 4. The lowest BCUT2D eigenvalue weighted by Gasteiger charge is -2.40. The van der Waals surface area contributed by atoms with E-state index in [0.29, 0.717) is 6.54 Å². The Kier molecular flexibility index (Phi) is 5.60. The van der Waals surface area contributed by atoms with Crippen LogP contribution in [0.5, 0.6) is 0 Å². The Morgan fingerprint density at radius 1 is 1.21 bits per heavy atom. The van der Waals surface area contributed by atoms with E-state index in [9.17, 15) is 4.79 Å². The molecule has 2 rings (SSSR count). The van der Waals surface area contributed by atoms with Crippen LogP contribution in [-0.4, -0.2) is 73.6 Å². The minimum atomic E-state index is 0.163. The van der Waals surface area contributed by atoms with E-state index in [1.165, 1.54) is 25.9 Å². The standard InChI is InChI=1S/C14H28N4O/c1-12(2)16-14(19)11-17-7-3-13(4-8-17)18-9-5-15-6-10-18/h12-13,15H,3-11H2,1-2H3,(H,16,19). The molecule has 0 atom stereocenters. The Morgan fingerprint density at radius 2 is 1.84 bits per heavy atom. The van der Waals surface area contributed by atoms with Crippen LogP contribution in [0.1, 0.15) is 26.7 Å². The predicted molar refractivity (Wildman–Crippen MR) is 77.2 cm³/mol. The van der Waals surface area contributed by atoms with E-state index in [-0.39, 0.29) is 11.9 Å². The van der Waals surface area contributed by atoms with E-state index in [2.05, 4.69) is 20.4 Å². The number of hydrogen-bond donors (Lipinski definition) is 2. The van der Waals surface area contributed by atoms with Crippen LogP contribution in [0.2, 0.25) is 0 Å². The van der Waals surface area contributed by atoms with Crippen molar-refractivity contribution in [3.05, 3.63) is 0 Å². The van der Waals surface area contributed by atoms with Gasteiger partial charge in [0.2, 0.25) is 5.91 Å². The van der Waals surface area contributed by atoms with Crippen LogP contribution in [0.15, 0.2) is 0 Å². The van der Waals surface area contributed by atoms with Crippen LogP contribution < -0.4 is 10.6 Å². The van der Waals surface area contributed by atoms with Crippen molar-refractivity contribution in [2.45, 2.75) is 38.8 Å². The summed E-state index contributed by atoms with van der Waals surface area (Å²) in [7, 11) is 0. The summed E-state index contributed by atoms with van der Waals surface area (Å²) in [5, 5.41) is 6.37. The van der Waals surface area contributed by atoms with Gasteiger partial charge < -0.3 is 10.6 Å². The molecule has 5 nitrogen and oxygen atoms in total. The molecule has 0 unspecified atom stereocenters. The second-order valence-corrected chi connectivity index (χ2v) is 6.02. The van der Waals surface area contributed by atoms with Crippen LogP contribution >= 0.6 is 0 Å². The maximum atomic E-state index is 11.7. The van der Waals surface area contributed by atoms with E-state index in [4.69, 9.17) is 0 Å². The van der Waals surface area contributed by atoms with Gasteiger partial charge in [-0.25, -0.2) is 0 Å². The topological polar surface area (TPSA) is 47.6 Å². The zero-order chi connectivity index (χ0) is 13.7. The fourth-order valence-electron chi connectivity index (χ4n) is 3.06. The number of likely N-dealkylation sites (tertiary alicyclic amines) is 1. The lowest BCUT2D eigenvalue weighted by Crippen LogP contribution is -2.53. The molecule has 0 aromatic rings. The van der Waals surface area contributed by atoms with Crippen LogP contribution in [0.4, 0.5) is 0 Å². The van der Waals surface area contributed by atoms with Gasteiger partial charge in [-0.05, 0) is 26.7 Å². The summed E-state index contributed by atoms with van der Waals surface area (Å²) >= 11 is 0. The van der Waals surface area contributed by atoms with E-state index < -0.39 is 0 Å². The molecule has 0 radical (unpaired) electrons. The molecule has 0 bridgehead atoms. The first-order chi connectivity index (χ1) is 9.15. The Hall–Kier alpha value is -0.650. The number of carbonyl (C=O) groups excluding carboxylic acids is 1. The van der Waals surface area contributed by atoms with E-state index in [0.717, 1.165) is 32.2 Å². The van der Waals surface area contributed by atoms with Crippen molar-refractivity contribution >= 4 is 5.91 Å². The number of piperazine rings is 1. The number of nitrogens with one attached hydrogen (secondary N) is 2. The molecule has 2 N–H and O–H groups in total. The van der Waals surface area contributed by atoms with Crippen molar-refractivity contribution in [3.8, 4) is 0 Å². The molecule has 0 aromatic heterocycles. The van der Waals surface area contributed by atoms with Crippen LogP contribution in [0.25, 0.3) is 0 Å². The molecule has 2 heterocycles. The fraction of sp³-hybridized carbons (Fsp3) is 0.929. The number of amides is 1. The van der Waals surface area contributed by atoms with Crippen molar-refractivity contribution in [1.29, 1.82) is 0 Å². The third-order valence-corrected chi connectivity index (χ3v) is 4.04. The lowest BCUT2D eigenvalue weighted by atomic mass is 10.0. The summed E-state index contributed by atoms with van der Waals surface area (Å²) < 4.78 is 0. The number of carbonyl (C=O) groups is 1. The average molecular weight is 268 g/mol. The second kappa shape index (κ2) is 7.22. The second-order valence-electron chi connectivity index (χ2n) is 6.02. The monoisotopic (exact) mass is 268 g/mol. The SMILES string of the molecule is CC(C)NC(=O)CN1CCC(N2CCNCC2)CC1. The smallest absolute Gasteiger partial charge is 0.234 e. The highest BCUT2D eigenvalue weighted by Gasteiger charge is 2.26. The zero-order valence-electron chi connectivity index (χ0n) is 12.3. The summed E-state index contributed by atoms with van der Waals surface area (Å²) in [5.41, 5.74) is 0. The molecule has 19 heavy (non-hydrogen) atoms. The van der Waals surface area contributed by atoms with Gasteiger partial charge in [0.25, 0.3) is 0 Å². The summed E-state index contributed by atoms with van der Waals surface area (Å²) in [5.74, 6) is 0.163. The molecular formula is C14H28N4O. The zero-order valence-corrected chi connectivity index (χ0v) is 12.3. The normalized spacial score (nSPS) is 23.7. The molecule has 0 aromatic carbocycles. The maximum absolute atomic E-state index is 11.7. The van der Waals surface area contributed by atoms with E-state index in [1.807, 2.05) is 13.8 Å². The van der Waals surface area contributed by atoms with Gasteiger partial charge in [0.1, 0.15) is 0 Å². The highest BCUT2D eigenvalue weighted by molar-refractivity contribution is 5.78. The third kappa shape index (κ3) is 4.75. The number of rotatable bonds is 4. The van der Waals surface area contributed by atoms with E-state index in [1.54, 1.807) is 0 Å². The van der Waals surface area contributed by atoms with E-state index >= 15 is 0 Å². The molecule has 2 fully saturated rings. The van der Waals surface area contributed by atoms with Gasteiger partial charge >= 0.3 is 0 Å². The predicted octanol–water partition coefficient (Wildman–Crippen LogP) is -0.119. The minimum absolute atomic E-state index is 0.163. The quantitative estimate of drug-likeness (QED) is 0.746. The first-order valence-corrected chi connectivity index (χ1v) is 7.61. The van der Waals surface area contributed by atoms with Gasteiger partial charge in [-0.3, -0.25) is 14.6 Å². The van der Waals surface area contributed by atoms with Gasteiger partial charge in [0.15, 0.2) is 0 Å². The van der Waals surface area contributed by atoms with Crippen molar-refractivity contribution in [2.75, 3.05) is 45.8 Å². The first kappa shape index (κ1) is 14.8. The Labute approximate surface area is 116 Å². The number of nitrogens with zero attached hydrogens (tertiary/aromatic N) is 2.